The molecule has 3 rings (SSSR count). The lowest BCUT2D eigenvalue weighted by molar-refractivity contribution is 0.0946. The van der Waals surface area contributed by atoms with Gasteiger partial charge < -0.3 is 19.5 Å². The summed E-state index contributed by atoms with van der Waals surface area (Å²) in [6.45, 7) is 5.54. The van der Waals surface area contributed by atoms with E-state index < -0.39 is 10.0 Å². The number of sulfonamides is 1. The molecule has 0 bridgehead atoms. The number of hydrogen-bond donors (Lipinski definition) is 1. The zero-order valence-electron chi connectivity index (χ0n) is 19.5. The van der Waals surface area contributed by atoms with Crippen LogP contribution < -0.4 is 19.5 Å². The number of rotatable bonds is 9. The topological polar surface area (TPSA) is 94.2 Å². The molecule has 2 atom stereocenters. The smallest absolute Gasteiger partial charge is 0.251 e. The highest BCUT2D eigenvalue weighted by Crippen LogP contribution is 2.32. The molecule has 2 aromatic carbocycles. The highest BCUT2D eigenvalue weighted by atomic mass is 32.2. The van der Waals surface area contributed by atoms with Gasteiger partial charge >= 0.3 is 0 Å². The first-order valence-corrected chi connectivity index (χ1v) is 12.4. The molecule has 1 heterocycles. The summed E-state index contributed by atoms with van der Waals surface area (Å²) in [7, 11) is -0.785. The number of hydrogen-bond acceptors (Lipinski definition) is 6. The Morgan fingerprint density at radius 1 is 1.00 bits per heavy atom. The molecule has 1 fully saturated rings. The molecule has 1 aliphatic rings. The summed E-state index contributed by atoms with van der Waals surface area (Å²) < 4.78 is 44.3. The van der Waals surface area contributed by atoms with E-state index in [1.54, 1.807) is 37.4 Å². The van der Waals surface area contributed by atoms with Crippen LogP contribution in [0.5, 0.6) is 17.2 Å². The molecule has 180 valence electrons. The molecule has 0 aromatic heterocycles. The van der Waals surface area contributed by atoms with Gasteiger partial charge in [-0.2, -0.15) is 4.31 Å². The Morgan fingerprint density at radius 3 is 2.24 bits per heavy atom. The van der Waals surface area contributed by atoms with E-state index >= 15 is 0 Å². The fraction of sp³-hybridized carbons (Fsp3) is 0.458. The molecule has 0 spiro atoms. The highest BCUT2D eigenvalue weighted by Gasteiger charge is 2.34. The maximum absolute atomic E-state index is 13.4. The largest absolute Gasteiger partial charge is 0.497 e. The van der Waals surface area contributed by atoms with Crippen molar-refractivity contribution in [3.05, 3.63) is 48.0 Å². The number of carbonyl (C=O) groups excluding carboxylic acids is 1. The van der Waals surface area contributed by atoms with Gasteiger partial charge in [-0.05, 0) is 60.7 Å². The molecule has 8 nitrogen and oxygen atoms in total. The van der Waals surface area contributed by atoms with E-state index in [0.717, 1.165) is 12.2 Å². The van der Waals surface area contributed by atoms with Crippen molar-refractivity contribution in [2.45, 2.75) is 25.2 Å². The second kappa shape index (κ2) is 10.9. The number of nitrogens with zero attached hydrogens (tertiary/aromatic N) is 1. The van der Waals surface area contributed by atoms with Crippen LogP contribution in [0.4, 0.5) is 0 Å². The number of piperidine rings is 1. The standard InChI is InChI=1S/C24H32N2O6S/c1-17-13-18(2)16-26(15-17)33(28,29)23-14-19(5-10-22(23)31-4)24(27)25-11-12-32-21-8-6-20(30-3)7-9-21/h5-10,14,17-18H,11-13,15-16H2,1-4H3,(H,25,27). The van der Waals surface area contributed by atoms with E-state index in [9.17, 15) is 13.2 Å². The van der Waals surface area contributed by atoms with E-state index in [1.165, 1.54) is 23.5 Å². The van der Waals surface area contributed by atoms with Crippen LogP contribution in [0.3, 0.4) is 0 Å². The third kappa shape index (κ3) is 6.17. The zero-order chi connectivity index (χ0) is 24.0. The van der Waals surface area contributed by atoms with Gasteiger partial charge in [0, 0.05) is 18.7 Å². The Kier molecular flexibility index (Phi) is 8.20. The average Bonchev–Trinajstić information content (AvgIpc) is 2.81. The van der Waals surface area contributed by atoms with Crippen molar-refractivity contribution in [1.82, 2.24) is 9.62 Å². The Hall–Kier alpha value is -2.78. The van der Waals surface area contributed by atoms with Crippen LogP contribution in [0, 0.1) is 11.8 Å². The van der Waals surface area contributed by atoms with Crippen molar-refractivity contribution in [3.8, 4) is 17.2 Å². The molecule has 2 unspecified atom stereocenters. The lowest BCUT2D eigenvalue weighted by Crippen LogP contribution is -2.42. The van der Waals surface area contributed by atoms with Crippen molar-refractivity contribution >= 4 is 15.9 Å². The lowest BCUT2D eigenvalue weighted by atomic mass is 9.94. The third-order valence-corrected chi connectivity index (χ3v) is 7.45. The van der Waals surface area contributed by atoms with Crippen LogP contribution in [0.25, 0.3) is 0 Å². The Labute approximate surface area is 195 Å². The van der Waals surface area contributed by atoms with Crippen LogP contribution >= 0.6 is 0 Å². The van der Waals surface area contributed by atoms with Crippen molar-refractivity contribution in [2.75, 3.05) is 40.5 Å². The van der Waals surface area contributed by atoms with Gasteiger partial charge in [0.2, 0.25) is 10.0 Å². The van der Waals surface area contributed by atoms with Crippen LogP contribution in [0.2, 0.25) is 0 Å². The van der Waals surface area contributed by atoms with Gasteiger partial charge in [-0.1, -0.05) is 13.8 Å². The SMILES string of the molecule is COc1ccc(OCCNC(=O)c2ccc(OC)c(S(=O)(=O)N3CC(C)CC(C)C3)c2)cc1. The summed E-state index contributed by atoms with van der Waals surface area (Å²) in [5.74, 6) is 1.77. The highest BCUT2D eigenvalue weighted by molar-refractivity contribution is 7.89. The predicted molar refractivity (Wildman–Crippen MR) is 126 cm³/mol. The van der Waals surface area contributed by atoms with Crippen molar-refractivity contribution in [3.63, 3.8) is 0 Å². The minimum atomic E-state index is -3.80. The van der Waals surface area contributed by atoms with Crippen molar-refractivity contribution in [1.29, 1.82) is 0 Å². The minimum absolute atomic E-state index is 0.00781. The molecule has 1 saturated heterocycles. The molecule has 33 heavy (non-hydrogen) atoms. The monoisotopic (exact) mass is 476 g/mol. The number of methoxy groups -OCH3 is 2. The number of amides is 1. The molecule has 9 heteroatoms. The first-order chi connectivity index (χ1) is 15.7. The van der Waals surface area contributed by atoms with Crippen molar-refractivity contribution < 1.29 is 27.4 Å². The summed E-state index contributed by atoms with van der Waals surface area (Å²) >= 11 is 0. The van der Waals surface area contributed by atoms with Gasteiger partial charge in [-0.25, -0.2) is 8.42 Å². The van der Waals surface area contributed by atoms with E-state index in [0.29, 0.717) is 18.8 Å². The van der Waals surface area contributed by atoms with Crippen LogP contribution in [0.1, 0.15) is 30.6 Å². The number of ether oxygens (including phenoxy) is 3. The van der Waals surface area contributed by atoms with E-state index in [2.05, 4.69) is 5.32 Å². The number of nitrogens with one attached hydrogen (secondary N) is 1. The maximum Gasteiger partial charge on any atom is 0.251 e. The summed E-state index contributed by atoms with van der Waals surface area (Å²) in [6, 6.07) is 11.6. The second-order valence-electron chi connectivity index (χ2n) is 8.41. The maximum atomic E-state index is 13.4. The van der Waals surface area contributed by atoms with E-state index in [1.807, 2.05) is 13.8 Å². The first-order valence-electron chi connectivity index (χ1n) is 11.0. The summed E-state index contributed by atoms with van der Waals surface area (Å²) in [6.07, 6.45) is 0.990. The van der Waals surface area contributed by atoms with Gasteiger partial charge in [-0.3, -0.25) is 4.79 Å². The first kappa shape index (κ1) is 24.9. The summed E-state index contributed by atoms with van der Waals surface area (Å²) in [5.41, 5.74) is 0.247. The lowest BCUT2D eigenvalue weighted by Gasteiger charge is -2.34. The van der Waals surface area contributed by atoms with Gasteiger partial charge in [0.1, 0.15) is 28.8 Å². The van der Waals surface area contributed by atoms with Crippen LogP contribution in [-0.4, -0.2) is 59.1 Å². The summed E-state index contributed by atoms with van der Waals surface area (Å²) in [4.78, 5) is 12.7. The molecular formula is C24H32N2O6S. The second-order valence-corrected chi connectivity index (χ2v) is 10.3. The number of carbonyl (C=O) groups is 1. The molecule has 1 N–H and O–H groups in total. The quantitative estimate of drug-likeness (QED) is 0.559. The Bertz CT molecular complexity index is 1050. The molecule has 0 radical (unpaired) electrons. The molecule has 0 saturated carbocycles. The molecule has 0 aliphatic carbocycles. The van der Waals surface area contributed by atoms with E-state index in [-0.39, 0.29) is 47.1 Å². The Morgan fingerprint density at radius 2 is 1.64 bits per heavy atom. The fourth-order valence-electron chi connectivity index (χ4n) is 4.07. The third-order valence-electron chi connectivity index (χ3n) is 5.59. The van der Waals surface area contributed by atoms with Gasteiger partial charge in [0.05, 0.1) is 20.8 Å². The zero-order valence-corrected chi connectivity index (χ0v) is 20.4. The van der Waals surface area contributed by atoms with Gasteiger partial charge in [-0.15, -0.1) is 0 Å². The molecule has 1 amide bonds. The van der Waals surface area contributed by atoms with Gasteiger partial charge in [0.15, 0.2) is 0 Å². The normalized spacial score (nSPS) is 19.0. The fourth-order valence-corrected chi connectivity index (χ4v) is 5.93. The summed E-state index contributed by atoms with van der Waals surface area (Å²) in [5, 5.41) is 2.76. The minimum Gasteiger partial charge on any atom is -0.497 e. The Balaban J connectivity index is 1.67. The van der Waals surface area contributed by atoms with Crippen LogP contribution in [-0.2, 0) is 10.0 Å². The average molecular weight is 477 g/mol. The van der Waals surface area contributed by atoms with Crippen molar-refractivity contribution in [2.24, 2.45) is 11.8 Å². The molecule has 2 aromatic rings. The number of benzene rings is 2. The molecular weight excluding hydrogens is 444 g/mol. The van der Waals surface area contributed by atoms with Gasteiger partial charge in [0.25, 0.3) is 5.91 Å². The molecule has 1 aliphatic heterocycles. The predicted octanol–water partition coefficient (Wildman–Crippen LogP) is 3.18. The van der Waals surface area contributed by atoms with E-state index in [4.69, 9.17) is 14.2 Å². The van der Waals surface area contributed by atoms with Crippen LogP contribution in [0.15, 0.2) is 47.4 Å².